The average Bonchev–Trinajstić information content (AvgIpc) is 3.30. The summed E-state index contributed by atoms with van der Waals surface area (Å²) in [5.74, 6) is -0.383. The second-order valence-corrected chi connectivity index (χ2v) is 11.4. The zero-order valence-electron chi connectivity index (χ0n) is 22.3. The van der Waals surface area contributed by atoms with Crippen molar-refractivity contribution in [3.63, 3.8) is 0 Å². The van der Waals surface area contributed by atoms with Crippen LogP contribution in [0.5, 0.6) is 5.75 Å². The summed E-state index contributed by atoms with van der Waals surface area (Å²) in [5.41, 5.74) is 0.805. The number of methoxy groups -OCH3 is 1. The lowest BCUT2D eigenvalue weighted by Gasteiger charge is -2.35. The number of fused-ring (bicyclic) bond motifs is 1. The first kappa shape index (κ1) is 28.6. The molecule has 2 aromatic rings. The Morgan fingerprint density at radius 2 is 1.97 bits per heavy atom. The summed E-state index contributed by atoms with van der Waals surface area (Å²) in [6.07, 6.45) is 3.56. The van der Waals surface area contributed by atoms with Gasteiger partial charge >= 0.3 is 0 Å². The SMILES string of the molecule is CCCC(=O)Nc1ccc2c(c1)OC[C@@H](C)N(S(=O)(=O)c1cn(C)cn1)C[C@H](C)[C@H](OC)CN(C)C2=O. The number of likely N-dealkylation sites (N-methyl/N-ethyl adjacent to an activating group) is 1. The highest BCUT2D eigenvalue weighted by Gasteiger charge is 2.35. The van der Waals surface area contributed by atoms with Crippen molar-refractivity contribution in [2.45, 2.75) is 50.8 Å². The van der Waals surface area contributed by atoms with Crippen molar-refractivity contribution in [1.29, 1.82) is 0 Å². The Kier molecular flexibility index (Phi) is 9.32. The third-order valence-electron chi connectivity index (χ3n) is 6.40. The third kappa shape index (κ3) is 6.68. The molecule has 2 amide bonds. The molecule has 1 aromatic heterocycles. The van der Waals surface area contributed by atoms with E-state index in [2.05, 4.69) is 10.3 Å². The number of anilines is 1. The van der Waals surface area contributed by atoms with Crippen LogP contribution in [-0.4, -0.2) is 85.0 Å². The minimum atomic E-state index is -3.95. The maximum Gasteiger partial charge on any atom is 0.262 e. The fourth-order valence-electron chi connectivity index (χ4n) is 4.24. The Morgan fingerprint density at radius 3 is 2.59 bits per heavy atom. The second kappa shape index (κ2) is 12.1. The fraction of sp³-hybridized carbons (Fsp3) is 0.560. The molecule has 3 rings (SSSR count). The van der Waals surface area contributed by atoms with Crippen LogP contribution >= 0.6 is 0 Å². The second-order valence-electron chi connectivity index (χ2n) is 9.56. The van der Waals surface area contributed by atoms with Crippen LogP contribution in [0, 0.1) is 5.92 Å². The molecule has 0 saturated heterocycles. The number of nitrogens with one attached hydrogen (secondary N) is 1. The van der Waals surface area contributed by atoms with Crippen molar-refractivity contribution >= 4 is 27.5 Å². The summed E-state index contributed by atoms with van der Waals surface area (Å²) in [7, 11) is 0.976. The zero-order valence-corrected chi connectivity index (χ0v) is 23.1. The van der Waals surface area contributed by atoms with Crippen LogP contribution in [0.25, 0.3) is 0 Å². The summed E-state index contributed by atoms with van der Waals surface area (Å²) < 4.78 is 41.9. The Bertz CT molecular complexity index is 1210. The van der Waals surface area contributed by atoms with Crippen LogP contribution in [0.4, 0.5) is 5.69 Å². The van der Waals surface area contributed by atoms with E-state index in [0.717, 1.165) is 0 Å². The average molecular weight is 536 g/mol. The number of imidazole rings is 1. The Hall–Kier alpha value is -2.96. The van der Waals surface area contributed by atoms with Gasteiger partial charge in [0.1, 0.15) is 12.4 Å². The number of benzene rings is 1. The van der Waals surface area contributed by atoms with Gasteiger partial charge in [0.15, 0.2) is 5.03 Å². The first-order chi connectivity index (χ1) is 17.5. The van der Waals surface area contributed by atoms with E-state index in [1.165, 1.54) is 21.7 Å². The topological polar surface area (TPSA) is 123 Å². The van der Waals surface area contributed by atoms with Crippen LogP contribution in [0.3, 0.4) is 0 Å². The van der Waals surface area contributed by atoms with Crippen molar-refractivity contribution < 1.29 is 27.5 Å². The maximum atomic E-state index is 13.6. The monoisotopic (exact) mass is 535 g/mol. The predicted molar refractivity (Wildman–Crippen MR) is 139 cm³/mol. The number of aromatic nitrogens is 2. The van der Waals surface area contributed by atoms with Crippen LogP contribution in [0.2, 0.25) is 0 Å². The van der Waals surface area contributed by atoms with Gasteiger partial charge in [0.05, 0.1) is 24.0 Å². The molecule has 2 heterocycles. The first-order valence-corrected chi connectivity index (χ1v) is 13.8. The summed E-state index contributed by atoms with van der Waals surface area (Å²) in [5, 5.41) is 2.76. The molecule has 0 bridgehead atoms. The molecule has 37 heavy (non-hydrogen) atoms. The van der Waals surface area contributed by atoms with Gasteiger partial charge in [-0.05, 0) is 31.4 Å². The van der Waals surface area contributed by atoms with Crippen LogP contribution < -0.4 is 10.1 Å². The number of hydrogen-bond donors (Lipinski definition) is 1. The van der Waals surface area contributed by atoms with Crippen LogP contribution in [0.15, 0.2) is 35.7 Å². The molecule has 1 N–H and O–H groups in total. The summed E-state index contributed by atoms with van der Waals surface area (Å²) >= 11 is 0. The Balaban J connectivity index is 2.02. The standard InChI is InChI=1S/C25H37N5O6S/c1-7-8-23(31)27-19-9-10-20-21(11-19)36-15-18(3)30(37(33,34)24-14-28(4)16-26-24)12-17(2)22(35-6)13-29(5)25(20)32/h9-11,14,16-18,22H,7-8,12-13,15H2,1-6H3,(H,27,31)/t17-,18+,22+/m0/s1. The molecule has 0 radical (unpaired) electrons. The highest BCUT2D eigenvalue weighted by Crippen LogP contribution is 2.28. The fourth-order valence-corrected chi connectivity index (χ4v) is 5.93. The minimum Gasteiger partial charge on any atom is -0.491 e. The van der Waals surface area contributed by atoms with Gasteiger partial charge in [-0.2, -0.15) is 4.31 Å². The van der Waals surface area contributed by atoms with E-state index >= 15 is 0 Å². The molecule has 1 aromatic carbocycles. The van der Waals surface area contributed by atoms with E-state index in [0.29, 0.717) is 24.1 Å². The van der Waals surface area contributed by atoms with E-state index in [1.807, 2.05) is 13.8 Å². The number of amides is 2. The molecule has 0 spiro atoms. The molecule has 0 unspecified atom stereocenters. The van der Waals surface area contributed by atoms with Gasteiger partial charge in [-0.25, -0.2) is 13.4 Å². The maximum absolute atomic E-state index is 13.6. The normalized spacial score (nSPS) is 21.9. The molecular weight excluding hydrogens is 498 g/mol. The number of nitrogens with zero attached hydrogens (tertiary/aromatic N) is 4. The van der Waals surface area contributed by atoms with Crippen molar-refractivity contribution in [2.75, 3.05) is 39.2 Å². The van der Waals surface area contributed by atoms with E-state index in [9.17, 15) is 18.0 Å². The highest BCUT2D eigenvalue weighted by atomic mass is 32.2. The van der Waals surface area contributed by atoms with Crippen LogP contribution in [0.1, 0.15) is 44.0 Å². The van der Waals surface area contributed by atoms with E-state index in [4.69, 9.17) is 9.47 Å². The van der Waals surface area contributed by atoms with E-state index in [1.54, 1.807) is 50.9 Å². The van der Waals surface area contributed by atoms with Crippen molar-refractivity contribution in [1.82, 2.24) is 18.8 Å². The number of carbonyl (C=O) groups excluding carboxylic acids is 2. The lowest BCUT2D eigenvalue weighted by Crippen LogP contribution is -2.48. The molecule has 204 valence electrons. The van der Waals surface area contributed by atoms with Gasteiger partial charge in [0, 0.05) is 58.7 Å². The summed E-state index contributed by atoms with van der Waals surface area (Å²) in [6, 6.07) is 4.27. The predicted octanol–water partition coefficient (Wildman–Crippen LogP) is 2.35. The van der Waals surface area contributed by atoms with Gasteiger partial charge in [-0.15, -0.1) is 0 Å². The number of rotatable bonds is 6. The van der Waals surface area contributed by atoms with Crippen molar-refractivity contribution in [3.05, 3.63) is 36.3 Å². The molecule has 0 saturated carbocycles. The van der Waals surface area contributed by atoms with Gasteiger partial charge in [-0.3, -0.25) is 9.59 Å². The van der Waals surface area contributed by atoms with Crippen molar-refractivity contribution in [2.24, 2.45) is 13.0 Å². The largest absolute Gasteiger partial charge is 0.491 e. The smallest absolute Gasteiger partial charge is 0.262 e. The number of carbonyl (C=O) groups is 2. The molecule has 11 nitrogen and oxygen atoms in total. The summed E-state index contributed by atoms with van der Waals surface area (Å²) in [4.78, 5) is 31.1. The Morgan fingerprint density at radius 1 is 1.24 bits per heavy atom. The van der Waals surface area contributed by atoms with Crippen LogP contribution in [-0.2, 0) is 26.6 Å². The number of ether oxygens (including phenoxy) is 2. The number of sulfonamides is 1. The van der Waals surface area contributed by atoms with Gasteiger partial charge < -0.3 is 24.3 Å². The van der Waals surface area contributed by atoms with Gasteiger partial charge in [0.2, 0.25) is 5.91 Å². The molecule has 1 aliphatic rings. The van der Waals surface area contributed by atoms with Gasteiger partial charge in [-0.1, -0.05) is 13.8 Å². The van der Waals surface area contributed by atoms with Crippen molar-refractivity contribution in [3.8, 4) is 5.75 Å². The highest BCUT2D eigenvalue weighted by molar-refractivity contribution is 7.89. The number of aryl methyl sites for hydroxylation is 1. The lowest BCUT2D eigenvalue weighted by atomic mass is 10.0. The summed E-state index contributed by atoms with van der Waals surface area (Å²) in [6.45, 7) is 5.93. The molecule has 12 heteroatoms. The zero-order chi connectivity index (χ0) is 27.3. The van der Waals surface area contributed by atoms with Gasteiger partial charge in [0.25, 0.3) is 15.9 Å². The quantitative estimate of drug-likeness (QED) is 0.602. The minimum absolute atomic E-state index is 0.0210. The van der Waals surface area contributed by atoms with E-state index < -0.39 is 22.2 Å². The molecular formula is C25H37N5O6S. The third-order valence-corrected chi connectivity index (χ3v) is 8.27. The molecule has 0 aliphatic carbocycles. The molecule has 0 fully saturated rings. The molecule has 1 aliphatic heterocycles. The lowest BCUT2D eigenvalue weighted by molar-refractivity contribution is -0.116. The molecule has 3 atom stereocenters. The van der Waals surface area contributed by atoms with E-state index in [-0.39, 0.29) is 48.2 Å². The first-order valence-electron chi connectivity index (χ1n) is 12.3. The Labute approximate surface area is 218 Å². The number of hydrogen-bond acceptors (Lipinski definition) is 7.